The van der Waals surface area contributed by atoms with Gasteiger partial charge in [0.2, 0.25) is 11.8 Å². The molecule has 0 spiro atoms. The Morgan fingerprint density at radius 1 is 1.37 bits per heavy atom. The van der Waals surface area contributed by atoms with Crippen molar-refractivity contribution >= 4 is 23.5 Å². The average Bonchev–Trinajstić information content (AvgIpc) is 3.22. The molecular weight excluding hydrogens is 355 g/mol. The van der Waals surface area contributed by atoms with Gasteiger partial charge in [-0.15, -0.1) is 0 Å². The van der Waals surface area contributed by atoms with Gasteiger partial charge >= 0.3 is 5.97 Å². The first-order chi connectivity index (χ1) is 12.9. The molecule has 27 heavy (non-hydrogen) atoms. The number of hydrogen-bond donors (Lipinski definition) is 1. The van der Waals surface area contributed by atoms with Gasteiger partial charge in [0, 0.05) is 13.0 Å². The second kappa shape index (κ2) is 7.61. The fourth-order valence-electron chi connectivity index (χ4n) is 3.05. The molecule has 1 aromatic carbocycles. The number of hydrogen-bond acceptors (Lipinski definition) is 5. The molecule has 0 bridgehead atoms. The van der Waals surface area contributed by atoms with Crippen molar-refractivity contribution in [1.82, 2.24) is 5.32 Å². The summed E-state index contributed by atoms with van der Waals surface area (Å²) in [6.07, 6.45) is 0.00472. The number of methoxy groups -OCH3 is 1. The zero-order valence-electron chi connectivity index (χ0n) is 15.0. The number of carbonyl (C=O) groups is 3. The van der Waals surface area contributed by atoms with Crippen LogP contribution in [-0.2, 0) is 20.9 Å². The molecule has 1 aromatic heterocycles. The molecule has 1 unspecified atom stereocenters. The minimum absolute atomic E-state index is 0.00472. The van der Waals surface area contributed by atoms with E-state index in [-0.39, 0.29) is 37.0 Å². The third-order valence-electron chi connectivity index (χ3n) is 4.45. The highest BCUT2D eigenvalue weighted by Crippen LogP contribution is 2.27. The Labute approximate surface area is 155 Å². The first-order valence-corrected chi connectivity index (χ1v) is 8.41. The van der Waals surface area contributed by atoms with Crippen LogP contribution in [0.1, 0.15) is 28.3 Å². The molecule has 1 aliphatic heterocycles. The van der Waals surface area contributed by atoms with Crippen molar-refractivity contribution in [3.63, 3.8) is 0 Å². The largest absolute Gasteiger partial charge is 0.465 e. The van der Waals surface area contributed by atoms with E-state index in [4.69, 9.17) is 4.42 Å². The predicted molar refractivity (Wildman–Crippen MR) is 93.5 cm³/mol. The van der Waals surface area contributed by atoms with Crippen LogP contribution in [0.3, 0.4) is 0 Å². The summed E-state index contributed by atoms with van der Waals surface area (Å²) in [6, 6.07) is 7.46. The average molecular weight is 374 g/mol. The van der Waals surface area contributed by atoms with E-state index in [1.165, 1.54) is 36.3 Å². The molecule has 1 N–H and O–H groups in total. The number of ether oxygens (including phenoxy) is 1. The molecule has 7 nitrogen and oxygen atoms in total. The lowest BCUT2D eigenvalue weighted by Gasteiger charge is -2.17. The van der Waals surface area contributed by atoms with E-state index in [9.17, 15) is 18.8 Å². The molecule has 8 heteroatoms. The van der Waals surface area contributed by atoms with E-state index < -0.39 is 17.7 Å². The number of halogens is 1. The van der Waals surface area contributed by atoms with E-state index >= 15 is 0 Å². The van der Waals surface area contributed by atoms with Gasteiger partial charge in [0.15, 0.2) is 0 Å². The first-order valence-electron chi connectivity index (χ1n) is 8.41. The van der Waals surface area contributed by atoms with Gasteiger partial charge < -0.3 is 19.4 Å². The molecule has 0 radical (unpaired) electrons. The number of amides is 2. The van der Waals surface area contributed by atoms with Gasteiger partial charge in [-0.1, -0.05) is 12.1 Å². The highest BCUT2D eigenvalue weighted by Gasteiger charge is 2.36. The van der Waals surface area contributed by atoms with Crippen LogP contribution in [-0.4, -0.2) is 31.4 Å². The normalized spacial score (nSPS) is 16.5. The van der Waals surface area contributed by atoms with Crippen LogP contribution < -0.4 is 10.2 Å². The molecule has 2 amide bonds. The fraction of sp³-hybridized carbons (Fsp3) is 0.316. The van der Waals surface area contributed by atoms with Gasteiger partial charge in [0.1, 0.15) is 22.9 Å². The van der Waals surface area contributed by atoms with Crippen molar-refractivity contribution in [2.24, 2.45) is 5.92 Å². The van der Waals surface area contributed by atoms with Gasteiger partial charge in [-0.3, -0.25) is 9.59 Å². The van der Waals surface area contributed by atoms with Crippen LogP contribution in [0.25, 0.3) is 0 Å². The summed E-state index contributed by atoms with van der Waals surface area (Å²) in [6.45, 7) is 1.80. The summed E-state index contributed by atoms with van der Waals surface area (Å²) < 4.78 is 24.0. The van der Waals surface area contributed by atoms with Gasteiger partial charge in [-0.2, -0.15) is 0 Å². The molecule has 142 valence electrons. The first kappa shape index (κ1) is 18.6. The minimum Gasteiger partial charge on any atom is -0.465 e. The lowest BCUT2D eigenvalue weighted by Crippen LogP contribution is -2.32. The molecule has 0 saturated carbocycles. The molecule has 1 aliphatic rings. The van der Waals surface area contributed by atoms with Crippen molar-refractivity contribution < 1.29 is 27.9 Å². The number of nitrogens with zero attached hydrogens (tertiary/aromatic N) is 1. The van der Waals surface area contributed by atoms with Crippen molar-refractivity contribution in [2.45, 2.75) is 19.9 Å². The van der Waals surface area contributed by atoms with Crippen LogP contribution in [0.2, 0.25) is 0 Å². The number of aryl methyl sites for hydroxylation is 1. The zero-order valence-corrected chi connectivity index (χ0v) is 15.0. The van der Waals surface area contributed by atoms with Gasteiger partial charge in [0.25, 0.3) is 0 Å². The Morgan fingerprint density at radius 2 is 2.11 bits per heavy atom. The summed E-state index contributed by atoms with van der Waals surface area (Å²) in [5.74, 6) is -1.46. The summed E-state index contributed by atoms with van der Waals surface area (Å²) in [4.78, 5) is 37.4. The lowest BCUT2D eigenvalue weighted by molar-refractivity contribution is -0.126. The van der Waals surface area contributed by atoms with E-state index in [1.54, 1.807) is 13.0 Å². The van der Waals surface area contributed by atoms with E-state index in [1.807, 2.05) is 0 Å². The molecule has 0 aliphatic carbocycles. The Hall–Kier alpha value is -3.16. The summed E-state index contributed by atoms with van der Waals surface area (Å²) in [7, 11) is 1.27. The van der Waals surface area contributed by atoms with Crippen LogP contribution in [0.15, 0.2) is 34.7 Å². The zero-order chi connectivity index (χ0) is 19.6. The summed E-state index contributed by atoms with van der Waals surface area (Å²) >= 11 is 0. The van der Waals surface area contributed by atoms with Gasteiger partial charge in [-0.05, 0) is 25.1 Å². The van der Waals surface area contributed by atoms with Crippen LogP contribution in [0.5, 0.6) is 0 Å². The maximum absolute atomic E-state index is 13.9. The number of nitrogens with one attached hydrogen (secondary N) is 1. The number of rotatable bonds is 5. The standard InChI is InChI=1S/C19H19FN2O5/c1-11-14(19(25)26-2)8-13(27-11)9-21-18(24)12-7-17(23)22(10-12)16-6-4-3-5-15(16)20/h3-6,8,12H,7,9-10H2,1-2H3,(H,21,24). The van der Waals surface area contributed by atoms with Crippen molar-refractivity contribution in [3.05, 3.63) is 53.2 Å². The molecule has 2 heterocycles. The summed E-state index contributed by atoms with van der Waals surface area (Å²) in [5, 5.41) is 2.69. The number of anilines is 1. The summed E-state index contributed by atoms with van der Waals surface area (Å²) in [5.41, 5.74) is 0.464. The Bertz CT molecular complexity index is 892. The van der Waals surface area contributed by atoms with E-state index in [2.05, 4.69) is 10.1 Å². The van der Waals surface area contributed by atoms with Crippen LogP contribution >= 0.6 is 0 Å². The second-order valence-corrected chi connectivity index (χ2v) is 6.25. The smallest absolute Gasteiger partial charge is 0.341 e. The van der Waals surface area contributed by atoms with E-state index in [0.29, 0.717) is 17.1 Å². The SMILES string of the molecule is COC(=O)c1cc(CNC(=O)C2CC(=O)N(c3ccccc3F)C2)oc1C. The molecule has 1 atom stereocenters. The molecular formula is C19H19FN2O5. The Kier molecular flexibility index (Phi) is 5.25. The minimum atomic E-state index is -0.590. The number of furan rings is 1. The Balaban J connectivity index is 1.62. The van der Waals surface area contributed by atoms with Gasteiger partial charge in [-0.25, -0.2) is 9.18 Å². The molecule has 2 aromatic rings. The van der Waals surface area contributed by atoms with Crippen LogP contribution in [0.4, 0.5) is 10.1 Å². The number of para-hydroxylation sites is 1. The highest BCUT2D eigenvalue weighted by atomic mass is 19.1. The van der Waals surface area contributed by atoms with Crippen LogP contribution in [0, 0.1) is 18.7 Å². The topological polar surface area (TPSA) is 88.8 Å². The molecule has 3 rings (SSSR count). The third kappa shape index (κ3) is 3.84. The monoisotopic (exact) mass is 374 g/mol. The Morgan fingerprint density at radius 3 is 2.81 bits per heavy atom. The second-order valence-electron chi connectivity index (χ2n) is 6.25. The van der Waals surface area contributed by atoms with Crippen molar-refractivity contribution in [1.29, 1.82) is 0 Å². The molecule has 1 fully saturated rings. The number of benzene rings is 1. The highest BCUT2D eigenvalue weighted by molar-refractivity contribution is 6.00. The molecule has 1 saturated heterocycles. The van der Waals surface area contributed by atoms with E-state index in [0.717, 1.165) is 0 Å². The van der Waals surface area contributed by atoms with Crippen molar-refractivity contribution in [2.75, 3.05) is 18.6 Å². The van der Waals surface area contributed by atoms with Crippen molar-refractivity contribution in [3.8, 4) is 0 Å². The third-order valence-corrected chi connectivity index (χ3v) is 4.45. The quantitative estimate of drug-likeness (QED) is 0.811. The maximum Gasteiger partial charge on any atom is 0.341 e. The predicted octanol–water partition coefficient (Wildman–Crippen LogP) is 2.18. The van der Waals surface area contributed by atoms with Gasteiger partial charge in [0.05, 0.1) is 25.3 Å². The lowest BCUT2D eigenvalue weighted by atomic mass is 10.1. The number of carbonyl (C=O) groups excluding carboxylic acids is 3. The fourth-order valence-corrected chi connectivity index (χ4v) is 3.05. The number of esters is 1. The maximum atomic E-state index is 13.9.